The standard InChI is InChI=1S/C15H23N3/c1-12(18(2)3)14-7-4-13(5-8-14)6-9-15-10-11-16-17-15/h4-5,7-8,11-12,15,17H,6,9-10H2,1-3H3. The smallest absolute Gasteiger partial charge is 0.0493 e. The van der Waals surface area contributed by atoms with Crippen LogP contribution in [0, 0.1) is 0 Å². The molecule has 0 aromatic heterocycles. The summed E-state index contributed by atoms with van der Waals surface area (Å²) in [6, 6.07) is 10.0. The van der Waals surface area contributed by atoms with Crippen molar-refractivity contribution in [3.05, 3.63) is 35.4 Å². The molecule has 1 heterocycles. The molecule has 1 aromatic rings. The van der Waals surface area contributed by atoms with Crippen molar-refractivity contribution in [2.45, 2.75) is 38.3 Å². The summed E-state index contributed by atoms with van der Waals surface area (Å²) in [6.07, 6.45) is 5.31. The van der Waals surface area contributed by atoms with Gasteiger partial charge in [0.15, 0.2) is 0 Å². The van der Waals surface area contributed by atoms with Crippen LogP contribution < -0.4 is 5.43 Å². The van der Waals surface area contributed by atoms with Gasteiger partial charge in [-0.3, -0.25) is 0 Å². The third-order valence-electron chi connectivity index (χ3n) is 3.76. The molecular weight excluding hydrogens is 222 g/mol. The summed E-state index contributed by atoms with van der Waals surface area (Å²) < 4.78 is 0. The lowest BCUT2D eigenvalue weighted by Crippen LogP contribution is -2.19. The van der Waals surface area contributed by atoms with Gasteiger partial charge in [-0.05, 0) is 45.0 Å². The average Bonchev–Trinajstić information content (AvgIpc) is 2.89. The van der Waals surface area contributed by atoms with Gasteiger partial charge in [-0.1, -0.05) is 24.3 Å². The first-order valence-corrected chi connectivity index (χ1v) is 6.69. The van der Waals surface area contributed by atoms with Crippen LogP contribution in [-0.2, 0) is 6.42 Å². The number of hydrogen-bond acceptors (Lipinski definition) is 3. The third-order valence-corrected chi connectivity index (χ3v) is 3.76. The summed E-state index contributed by atoms with van der Waals surface area (Å²) in [4.78, 5) is 2.23. The Hall–Kier alpha value is -1.35. The second-order valence-electron chi connectivity index (χ2n) is 5.29. The van der Waals surface area contributed by atoms with Crippen molar-refractivity contribution >= 4 is 6.21 Å². The van der Waals surface area contributed by atoms with Gasteiger partial charge in [-0.15, -0.1) is 0 Å². The van der Waals surface area contributed by atoms with Crippen molar-refractivity contribution in [2.24, 2.45) is 5.10 Å². The molecule has 2 unspecified atom stereocenters. The van der Waals surface area contributed by atoms with Gasteiger partial charge in [0.1, 0.15) is 0 Å². The molecule has 0 saturated carbocycles. The number of nitrogens with zero attached hydrogens (tertiary/aromatic N) is 2. The average molecular weight is 245 g/mol. The number of aryl methyl sites for hydroxylation is 1. The molecular formula is C15H23N3. The molecule has 3 heteroatoms. The quantitative estimate of drug-likeness (QED) is 0.863. The molecule has 3 nitrogen and oxygen atoms in total. The van der Waals surface area contributed by atoms with Crippen molar-refractivity contribution in [1.29, 1.82) is 0 Å². The highest BCUT2D eigenvalue weighted by Gasteiger charge is 2.11. The monoisotopic (exact) mass is 245 g/mol. The number of hydrazone groups is 1. The van der Waals surface area contributed by atoms with Crippen molar-refractivity contribution in [3.63, 3.8) is 0 Å². The van der Waals surface area contributed by atoms with E-state index in [4.69, 9.17) is 0 Å². The molecule has 0 fully saturated rings. The van der Waals surface area contributed by atoms with E-state index in [1.165, 1.54) is 11.1 Å². The summed E-state index contributed by atoms with van der Waals surface area (Å²) in [6.45, 7) is 2.23. The maximum absolute atomic E-state index is 4.05. The van der Waals surface area contributed by atoms with E-state index < -0.39 is 0 Å². The van der Waals surface area contributed by atoms with Crippen LogP contribution in [0.25, 0.3) is 0 Å². The zero-order chi connectivity index (χ0) is 13.0. The van der Waals surface area contributed by atoms with E-state index in [0.717, 1.165) is 19.3 Å². The minimum atomic E-state index is 0.476. The Kier molecular flexibility index (Phi) is 4.37. The second-order valence-corrected chi connectivity index (χ2v) is 5.29. The molecule has 2 atom stereocenters. The molecule has 0 bridgehead atoms. The summed E-state index contributed by atoms with van der Waals surface area (Å²) in [5.41, 5.74) is 5.93. The van der Waals surface area contributed by atoms with E-state index in [0.29, 0.717) is 12.1 Å². The Balaban J connectivity index is 1.87. The fourth-order valence-electron chi connectivity index (χ4n) is 2.18. The Morgan fingerprint density at radius 1 is 1.33 bits per heavy atom. The number of rotatable bonds is 5. The van der Waals surface area contributed by atoms with Crippen LogP contribution in [0.3, 0.4) is 0 Å². The predicted molar refractivity (Wildman–Crippen MR) is 76.9 cm³/mol. The SMILES string of the molecule is CC(c1ccc(CCC2CC=NN2)cc1)N(C)C. The van der Waals surface area contributed by atoms with Crippen LogP contribution in [-0.4, -0.2) is 31.3 Å². The van der Waals surface area contributed by atoms with Crippen molar-refractivity contribution in [3.8, 4) is 0 Å². The predicted octanol–water partition coefficient (Wildman–Crippen LogP) is 2.59. The van der Waals surface area contributed by atoms with Crippen LogP contribution in [0.15, 0.2) is 29.4 Å². The highest BCUT2D eigenvalue weighted by molar-refractivity contribution is 5.59. The van der Waals surface area contributed by atoms with Gasteiger partial charge in [0.2, 0.25) is 0 Å². The molecule has 0 radical (unpaired) electrons. The lowest BCUT2D eigenvalue weighted by molar-refractivity contribution is 0.321. The van der Waals surface area contributed by atoms with Gasteiger partial charge in [0.25, 0.3) is 0 Å². The summed E-state index contributed by atoms with van der Waals surface area (Å²) >= 11 is 0. The summed E-state index contributed by atoms with van der Waals surface area (Å²) in [5.74, 6) is 0. The van der Waals surface area contributed by atoms with E-state index in [9.17, 15) is 0 Å². The zero-order valence-electron chi connectivity index (χ0n) is 11.6. The van der Waals surface area contributed by atoms with Gasteiger partial charge in [-0.2, -0.15) is 5.10 Å². The van der Waals surface area contributed by atoms with Crippen LogP contribution in [0.4, 0.5) is 0 Å². The fourth-order valence-corrected chi connectivity index (χ4v) is 2.18. The highest BCUT2D eigenvalue weighted by atomic mass is 15.3. The van der Waals surface area contributed by atoms with Gasteiger partial charge < -0.3 is 10.3 Å². The first-order chi connectivity index (χ1) is 8.66. The zero-order valence-corrected chi connectivity index (χ0v) is 11.6. The van der Waals surface area contributed by atoms with Gasteiger partial charge in [0, 0.05) is 24.7 Å². The molecule has 1 aromatic carbocycles. The molecule has 2 rings (SSSR count). The molecule has 1 aliphatic rings. The van der Waals surface area contributed by atoms with Gasteiger partial charge in [-0.25, -0.2) is 0 Å². The molecule has 18 heavy (non-hydrogen) atoms. The first-order valence-electron chi connectivity index (χ1n) is 6.69. The van der Waals surface area contributed by atoms with Gasteiger partial charge >= 0.3 is 0 Å². The molecule has 1 aliphatic heterocycles. The maximum Gasteiger partial charge on any atom is 0.0493 e. The fraction of sp³-hybridized carbons (Fsp3) is 0.533. The van der Waals surface area contributed by atoms with E-state index in [1.54, 1.807) is 0 Å². The normalized spacial score (nSPS) is 20.1. The number of nitrogens with one attached hydrogen (secondary N) is 1. The Morgan fingerprint density at radius 3 is 2.61 bits per heavy atom. The molecule has 1 N–H and O–H groups in total. The lowest BCUT2D eigenvalue weighted by Gasteiger charge is -2.20. The minimum absolute atomic E-state index is 0.476. The summed E-state index contributed by atoms with van der Waals surface area (Å²) in [7, 11) is 4.23. The van der Waals surface area contributed by atoms with Crippen LogP contribution in [0.5, 0.6) is 0 Å². The highest BCUT2D eigenvalue weighted by Crippen LogP contribution is 2.18. The van der Waals surface area contributed by atoms with Crippen molar-refractivity contribution in [1.82, 2.24) is 10.3 Å². The summed E-state index contributed by atoms with van der Waals surface area (Å²) in [5, 5.41) is 4.05. The van der Waals surface area contributed by atoms with Crippen LogP contribution >= 0.6 is 0 Å². The Labute approximate surface area is 110 Å². The van der Waals surface area contributed by atoms with E-state index >= 15 is 0 Å². The van der Waals surface area contributed by atoms with E-state index in [1.807, 2.05) is 6.21 Å². The van der Waals surface area contributed by atoms with Crippen molar-refractivity contribution < 1.29 is 0 Å². The minimum Gasteiger partial charge on any atom is -0.307 e. The van der Waals surface area contributed by atoms with E-state index in [2.05, 4.69) is 60.7 Å². The maximum atomic E-state index is 4.05. The number of benzene rings is 1. The first kappa shape index (κ1) is 13.1. The molecule has 0 saturated heterocycles. The largest absolute Gasteiger partial charge is 0.307 e. The van der Waals surface area contributed by atoms with Crippen LogP contribution in [0.1, 0.15) is 36.9 Å². The lowest BCUT2D eigenvalue weighted by atomic mass is 10.0. The van der Waals surface area contributed by atoms with E-state index in [-0.39, 0.29) is 0 Å². The molecule has 98 valence electrons. The Bertz CT molecular complexity index is 387. The number of hydrogen-bond donors (Lipinski definition) is 1. The Morgan fingerprint density at radius 2 is 2.06 bits per heavy atom. The molecule has 0 amide bonds. The van der Waals surface area contributed by atoms with Crippen LogP contribution in [0.2, 0.25) is 0 Å². The topological polar surface area (TPSA) is 27.6 Å². The van der Waals surface area contributed by atoms with Crippen molar-refractivity contribution in [2.75, 3.05) is 14.1 Å². The third kappa shape index (κ3) is 3.33. The molecule has 0 aliphatic carbocycles. The van der Waals surface area contributed by atoms with Gasteiger partial charge in [0.05, 0.1) is 0 Å². The second kappa shape index (κ2) is 6.01. The molecule has 0 spiro atoms.